The number of fused-ring (bicyclic) bond motifs is 2. The highest BCUT2D eigenvalue weighted by atomic mass is 32.2. The summed E-state index contributed by atoms with van der Waals surface area (Å²) < 4.78 is 182. The molecule has 7 rings (SSSR count). The van der Waals surface area contributed by atoms with Crippen LogP contribution in [0.3, 0.4) is 0 Å². The SMILES string of the molecule is O=C(O)C1=NN(c2ccc(S(=O)(=O)O)cc2)C(=O)C1/N=N/c1ccc2c(O)c(/N=N/c3cc(OCCO)c(/N=N/c4cc5c(S(=O)(=O)O)cc(S(=O)(=O)O)cc5cc4S(=O)(=O)O)cc3OCCO)c(S(=O)(=O)O)cc2c1. The fraction of sp³-hybridized carbons (Fsp3) is 0.125. The van der Waals surface area contributed by atoms with Crippen molar-refractivity contribution in [3.05, 3.63) is 84.9 Å². The molecule has 1 heterocycles. The first-order valence-corrected chi connectivity index (χ1v) is 27.5. The molecular formula is C40H32N8O23S5. The number of aliphatic carboxylic acids is 1. The van der Waals surface area contributed by atoms with Gasteiger partial charge in [-0.2, -0.15) is 62.4 Å². The molecule has 36 heteroatoms. The number of azo groups is 3. The Labute approximate surface area is 426 Å². The second-order valence-corrected chi connectivity index (χ2v) is 22.2. The lowest BCUT2D eigenvalue weighted by Crippen LogP contribution is -2.33. The van der Waals surface area contributed by atoms with Crippen molar-refractivity contribution < 1.29 is 104 Å². The second-order valence-electron chi connectivity index (χ2n) is 15.2. The first-order chi connectivity index (χ1) is 35.4. The van der Waals surface area contributed by atoms with Crippen molar-refractivity contribution in [3.63, 3.8) is 0 Å². The van der Waals surface area contributed by atoms with Crippen LogP contribution in [0.15, 0.2) is 145 Å². The van der Waals surface area contributed by atoms with Crippen molar-refractivity contribution >= 4 is 124 Å². The number of carbonyl (C=O) groups is 2. The van der Waals surface area contributed by atoms with E-state index < -0.39 is 176 Å². The second kappa shape index (κ2) is 21.0. The number of hydrogen-bond acceptors (Lipinski definition) is 24. The molecule has 0 aliphatic carbocycles. The lowest BCUT2D eigenvalue weighted by Gasteiger charge is -2.13. The molecule has 1 aliphatic rings. The number of phenols is 1. The van der Waals surface area contributed by atoms with Gasteiger partial charge in [-0.3, -0.25) is 27.6 Å². The Kier molecular flexibility index (Phi) is 15.5. The van der Waals surface area contributed by atoms with Crippen molar-refractivity contribution in [1.29, 1.82) is 0 Å². The minimum Gasteiger partial charge on any atom is -0.505 e. The van der Waals surface area contributed by atoms with Crippen LogP contribution >= 0.6 is 0 Å². The highest BCUT2D eigenvalue weighted by Gasteiger charge is 2.41. The number of carbonyl (C=O) groups excluding carboxylic acids is 1. The molecule has 1 atom stereocenters. The standard InChI is InChI=1S/C40H32N8O23S5/c49-7-9-70-30-18-28(31(71-10-8-50)17-27(30)42-44-29-16-26-20(13-33(29)75(64,65)66)12-24(73(58,59)60)15-32(26)74(61,62)63)43-45-35-34(76(67,68)69)14-19-11-21(1-6-25(19)38(35)51)41-46-36-37(40(53)54)47-48(39(36)52)22-2-4-23(5-3-22)72(55,56)57/h1-6,11-18,36,49-51H,7-10H2,(H,53,54)(H,55,56,57)(H,58,59,60)(H,61,62,63)(H,64,65,66)(H,67,68,69)/b44-42+,45-43+,46-41+. The highest BCUT2D eigenvalue weighted by molar-refractivity contribution is 7.87. The molecule has 31 nitrogen and oxygen atoms in total. The molecule has 0 saturated heterocycles. The zero-order valence-corrected chi connectivity index (χ0v) is 41.4. The number of nitrogens with zero attached hydrogens (tertiary/aromatic N) is 8. The van der Waals surface area contributed by atoms with Gasteiger partial charge in [-0.25, -0.2) is 4.79 Å². The number of ether oxygens (including phenoxy) is 2. The van der Waals surface area contributed by atoms with Gasteiger partial charge < -0.3 is 29.9 Å². The van der Waals surface area contributed by atoms with Crippen molar-refractivity contribution in [3.8, 4) is 17.2 Å². The summed E-state index contributed by atoms with van der Waals surface area (Å²) in [6.45, 7) is -2.31. The van der Waals surface area contributed by atoms with Gasteiger partial charge in [-0.1, -0.05) is 0 Å². The molecule has 400 valence electrons. The summed E-state index contributed by atoms with van der Waals surface area (Å²) in [4.78, 5) is 20.3. The van der Waals surface area contributed by atoms with Crippen molar-refractivity contribution in [1.82, 2.24) is 0 Å². The molecule has 0 spiro atoms. The number of anilines is 1. The zero-order chi connectivity index (χ0) is 55.9. The van der Waals surface area contributed by atoms with Gasteiger partial charge in [0.15, 0.2) is 11.5 Å². The molecule has 0 aromatic heterocycles. The number of benzene rings is 6. The average molecular weight is 1150 g/mol. The molecule has 6 aromatic rings. The van der Waals surface area contributed by atoms with E-state index in [-0.39, 0.29) is 22.1 Å². The van der Waals surface area contributed by atoms with Gasteiger partial charge in [0.05, 0.1) is 34.4 Å². The van der Waals surface area contributed by atoms with Crippen molar-refractivity contribution in [2.45, 2.75) is 30.5 Å². The van der Waals surface area contributed by atoms with Crippen molar-refractivity contribution in [2.24, 2.45) is 35.8 Å². The molecule has 9 N–H and O–H groups in total. The van der Waals surface area contributed by atoms with E-state index in [1.165, 1.54) is 6.07 Å². The summed E-state index contributed by atoms with van der Waals surface area (Å²) in [6, 6.07) is 10.4. The van der Waals surface area contributed by atoms with E-state index in [1.807, 2.05) is 0 Å². The number of hydrogen-bond donors (Lipinski definition) is 9. The third-order valence-corrected chi connectivity index (χ3v) is 14.5. The van der Waals surface area contributed by atoms with E-state index in [0.29, 0.717) is 29.3 Å². The van der Waals surface area contributed by atoms with Gasteiger partial charge in [-0.15, -0.1) is 20.5 Å². The summed E-state index contributed by atoms with van der Waals surface area (Å²) in [5, 5.41) is 66.3. The minimum atomic E-state index is -5.33. The number of amides is 1. The predicted octanol–water partition coefficient (Wildman–Crippen LogP) is 4.44. The van der Waals surface area contributed by atoms with Crippen LogP contribution in [0.25, 0.3) is 21.5 Å². The van der Waals surface area contributed by atoms with Crippen LogP contribution in [-0.2, 0) is 60.2 Å². The van der Waals surface area contributed by atoms with Crippen molar-refractivity contribution in [2.75, 3.05) is 31.4 Å². The highest BCUT2D eigenvalue weighted by Crippen LogP contribution is 2.46. The third-order valence-electron chi connectivity index (χ3n) is 10.2. The number of carboxylic acids is 1. The van der Waals surface area contributed by atoms with Gasteiger partial charge in [-0.05, 0) is 83.6 Å². The molecule has 0 saturated carbocycles. The van der Waals surface area contributed by atoms with Gasteiger partial charge in [0.2, 0.25) is 6.04 Å². The Morgan fingerprint density at radius 2 is 1.09 bits per heavy atom. The fourth-order valence-corrected chi connectivity index (χ4v) is 10.0. The van der Waals surface area contributed by atoms with Gasteiger partial charge in [0.25, 0.3) is 56.5 Å². The van der Waals surface area contributed by atoms with Crippen LogP contribution in [0.1, 0.15) is 0 Å². The Hall–Kier alpha value is -7.88. The maximum atomic E-state index is 13.3. The van der Waals surface area contributed by atoms with E-state index in [4.69, 9.17) is 9.47 Å². The number of rotatable bonds is 19. The lowest BCUT2D eigenvalue weighted by molar-refractivity contribution is -0.130. The number of carboxylic acid groups (broad SMARTS) is 1. The summed E-state index contributed by atoms with van der Waals surface area (Å²) in [6.07, 6.45) is 0. The molecule has 76 heavy (non-hydrogen) atoms. The zero-order valence-electron chi connectivity index (χ0n) is 37.3. The van der Waals surface area contributed by atoms with Gasteiger partial charge in [0, 0.05) is 22.9 Å². The van der Waals surface area contributed by atoms with E-state index in [2.05, 4.69) is 35.8 Å². The number of aromatic hydroxyl groups is 1. The summed E-state index contributed by atoms with van der Waals surface area (Å²) in [5.74, 6) is -4.50. The number of hydrazone groups is 1. The van der Waals surface area contributed by atoms with Crippen LogP contribution in [0.2, 0.25) is 0 Å². The molecule has 1 amide bonds. The number of aliphatic hydroxyl groups is 2. The van der Waals surface area contributed by atoms with Crippen LogP contribution in [0.4, 0.5) is 34.1 Å². The quantitative estimate of drug-likeness (QED) is 0.0399. The van der Waals surface area contributed by atoms with Gasteiger partial charge >= 0.3 is 5.97 Å². The first-order valence-electron chi connectivity index (χ1n) is 20.3. The Morgan fingerprint density at radius 1 is 0.566 bits per heavy atom. The van der Waals surface area contributed by atoms with Gasteiger partial charge in [0.1, 0.15) is 62.1 Å². The summed E-state index contributed by atoms with van der Waals surface area (Å²) >= 11 is 0. The third kappa shape index (κ3) is 12.1. The molecule has 1 aliphatic heterocycles. The Bertz CT molecular complexity index is 4140. The fourth-order valence-electron chi connectivity index (χ4n) is 6.89. The molecule has 0 bridgehead atoms. The monoisotopic (exact) mass is 1150 g/mol. The summed E-state index contributed by atoms with van der Waals surface area (Å²) in [7, 11) is -25.8. The van der Waals surface area contributed by atoms with E-state index in [9.17, 15) is 94.9 Å². The van der Waals surface area contributed by atoms with Crippen LogP contribution in [0.5, 0.6) is 17.2 Å². The topological polar surface area (TPSA) is 495 Å². The molecular weight excluding hydrogens is 1120 g/mol. The molecule has 0 fully saturated rings. The maximum absolute atomic E-state index is 13.3. The molecule has 1 unspecified atom stereocenters. The summed E-state index contributed by atoms with van der Waals surface area (Å²) in [5.41, 5.74) is -3.72. The average Bonchev–Trinajstić information content (AvgIpc) is 3.67. The Morgan fingerprint density at radius 3 is 1.62 bits per heavy atom. The van der Waals surface area contributed by atoms with Crippen LogP contribution < -0.4 is 14.5 Å². The lowest BCUT2D eigenvalue weighted by atomic mass is 10.1. The van der Waals surface area contributed by atoms with E-state index >= 15 is 0 Å². The Balaban J connectivity index is 1.28. The largest absolute Gasteiger partial charge is 0.505 e. The van der Waals surface area contributed by atoms with E-state index in [1.54, 1.807) is 0 Å². The number of aliphatic hydroxyl groups excluding tert-OH is 2. The minimum absolute atomic E-state index is 0.116. The van der Waals surface area contributed by atoms with Crippen LogP contribution in [0, 0.1) is 0 Å². The normalized spacial score (nSPS) is 14.9. The van der Waals surface area contributed by atoms with E-state index in [0.717, 1.165) is 54.6 Å². The first kappa shape index (κ1) is 55.9. The molecule has 0 radical (unpaired) electrons. The maximum Gasteiger partial charge on any atom is 0.355 e. The number of phenolic OH excluding ortho intramolecular Hbond substituents is 1. The predicted molar refractivity (Wildman–Crippen MR) is 256 cm³/mol. The molecule has 6 aromatic carbocycles. The van der Waals surface area contributed by atoms with Crippen LogP contribution in [-0.4, -0.2) is 135 Å². The smallest absolute Gasteiger partial charge is 0.355 e.